The fourth-order valence-corrected chi connectivity index (χ4v) is 2.23. The van der Waals surface area contributed by atoms with Gasteiger partial charge in [0.15, 0.2) is 0 Å². The van der Waals surface area contributed by atoms with E-state index in [9.17, 15) is 13.6 Å². The van der Waals surface area contributed by atoms with Gasteiger partial charge >= 0.3 is 0 Å². The Morgan fingerprint density at radius 2 is 1.95 bits per heavy atom. The summed E-state index contributed by atoms with van der Waals surface area (Å²) >= 11 is 0. The number of halogens is 3. The van der Waals surface area contributed by atoms with Gasteiger partial charge in [-0.3, -0.25) is 4.79 Å². The Kier molecular flexibility index (Phi) is 5.70. The first-order valence-corrected chi connectivity index (χ1v) is 6.75. The molecule has 0 saturated carbocycles. The number of carbonyl (C=O) groups is 1. The van der Waals surface area contributed by atoms with Gasteiger partial charge in [0, 0.05) is 24.7 Å². The molecular weight excluding hydrogens is 298 g/mol. The molecule has 1 aromatic rings. The third-order valence-corrected chi connectivity index (χ3v) is 3.58. The molecule has 1 fully saturated rings. The molecule has 1 unspecified atom stereocenters. The summed E-state index contributed by atoms with van der Waals surface area (Å²) in [5.41, 5.74) is -0.0505. The molecule has 2 N–H and O–H groups in total. The van der Waals surface area contributed by atoms with Crippen LogP contribution in [0.25, 0.3) is 0 Å². The molecule has 1 atom stereocenters. The van der Waals surface area contributed by atoms with E-state index in [0.717, 1.165) is 6.07 Å². The van der Waals surface area contributed by atoms with Crippen LogP contribution < -0.4 is 10.6 Å². The normalized spacial score (nSPS) is 16.6. The van der Waals surface area contributed by atoms with E-state index in [1.165, 1.54) is 12.1 Å². The van der Waals surface area contributed by atoms with Gasteiger partial charge in [-0.05, 0) is 11.5 Å². The second-order valence-corrected chi connectivity index (χ2v) is 6.33. The van der Waals surface area contributed by atoms with E-state index in [2.05, 4.69) is 10.6 Å². The van der Waals surface area contributed by atoms with Crippen molar-refractivity contribution in [3.63, 3.8) is 0 Å². The maximum Gasteiger partial charge on any atom is 0.226 e. The van der Waals surface area contributed by atoms with Crippen LogP contribution in [0.2, 0.25) is 0 Å². The number of hydrogen-bond donors (Lipinski definition) is 2. The second-order valence-electron chi connectivity index (χ2n) is 6.33. The minimum Gasteiger partial charge on any atom is -0.348 e. The lowest BCUT2D eigenvalue weighted by Gasteiger charge is -2.35. The number of nitrogens with one attached hydrogen (secondary N) is 2. The molecule has 1 saturated heterocycles. The van der Waals surface area contributed by atoms with E-state index in [-0.39, 0.29) is 29.6 Å². The van der Waals surface area contributed by atoms with Crippen molar-refractivity contribution in [2.75, 3.05) is 13.1 Å². The predicted molar refractivity (Wildman–Crippen MR) is 80.3 cm³/mol. The van der Waals surface area contributed by atoms with Gasteiger partial charge in [0.1, 0.15) is 11.6 Å². The Bertz CT molecular complexity index is 513. The van der Waals surface area contributed by atoms with Gasteiger partial charge in [-0.2, -0.15) is 0 Å². The lowest BCUT2D eigenvalue weighted by Crippen LogP contribution is -2.52. The maximum atomic E-state index is 14.0. The van der Waals surface area contributed by atoms with Crippen LogP contribution in [-0.2, 0) is 4.79 Å². The minimum atomic E-state index is -0.628. The van der Waals surface area contributed by atoms with Gasteiger partial charge in [0.05, 0.1) is 12.0 Å². The molecule has 0 bridgehead atoms. The summed E-state index contributed by atoms with van der Waals surface area (Å²) in [7, 11) is 0. The third-order valence-electron chi connectivity index (χ3n) is 3.58. The Morgan fingerprint density at radius 1 is 1.33 bits per heavy atom. The van der Waals surface area contributed by atoms with Gasteiger partial charge in [-0.15, -0.1) is 12.4 Å². The van der Waals surface area contributed by atoms with Gasteiger partial charge < -0.3 is 10.6 Å². The maximum absolute atomic E-state index is 14.0. The number of amides is 1. The zero-order valence-corrected chi connectivity index (χ0v) is 13.2. The van der Waals surface area contributed by atoms with E-state index in [4.69, 9.17) is 0 Å². The summed E-state index contributed by atoms with van der Waals surface area (Å²) < 4.78 is 27.0. The topological polar surface area (TPSA) is 41.1 Å². The fourth-order valence-electron chi connectivity index (χ4n) is 2.23. The van der Waals surface area contributed by atoms with E-state index >= 15 is 0 Å². The van der Waals surface area contributed by atoms with Crippen molar-refractivity contribution in [1.82, 2.24) is 10.6 Å². The van der Waals surface area contributed by atoms with Crippen molar-refractivity contribution in [3.8, 4) is 0 Å². The molecule has 0 aliphatic carbocycles. The van der Waals surface area contributed by atoms with Crippen LogP contribution in [0.3, 0.4) is 0 Å². The van der Waals surface area contributed by atoms with Crippen molar-refractivity contribution in [3.05, 3.63) is 35.4 Å². The summed E-state index contributed by atoms with van der Waals surface area (Å²) in [6.45, 7) is 7.04. The number of benzene rings is 1. The van der Waals surface area contributed by atoms with Gasteiger partial charge in [-0.25, -0.2) is 8.78 Å². The van der Waals surface area contributed by atoms with Crippen LogP contribution in [0, 0.1) is 23.0 Å². The van der Waals surface area contributed by atoms with Crippen LogP contribution >= 0.6 is 12.4 Å². The van der Waals surface area contributed by atoms with Crippen LogP contribution in [0.1, 0.15) is 32.4 Å². The second kappa shape index (κ2) is 6.71. The molecule has 1 aromatic carbocycles. The van der Waals surface area contributed by atoms with Gasteiger partial charge in [-0.1, -0.05) is 26.8 Å². The van der Waals surface area contributed by atoms with E-state index in [1.807, 2.05) is 20.8 Å². The predicted octanol–water partition coefficient (Wildman–Crippen LogP) is 2.81. The highest BCUT2D eigenvalue weighted by Crippen LogP contribution is 2.34. The van der Waals surface area contributed by atoms with Crippen molar-refractivity contribution >= 4 is 18.3 Å². The first kappa shape index (κ1) is 17.9. The molecule has 21 heavy (non-hydrogen) atoms. The molecule has 6 heteroatoms. The van der Waals surface area contributed by atoms with Crippen LogP contribution in [0.5, 0.6) is 0 Å². The highest BCUT2D eigenvalue weighted by Gasteiger charge is 2.33. The third kappa shape index (κ3) is 4.14. The Balaban J connectivity index is 0.00000220. The van der Waals surface area contributed by atoms with Crippen molar-refractivity contribution in [1.29, 1.82) is 0 Å². The van der Waals surface area contributed by atoms with Crippen molar-refractivity contribution in [2.24, 2.45) is 11.3 Å². The van der Waals surface area contributed by atoms with Crippen molar-refractivity contribution in [2.45, 2.75) is 26.8 Å². The summed E-state index contributed by atoms with van der Waals surface area (Å²) in [6, 6.07) is 2.98. The SMILES string of the molecule is CC(C)(C)C(NC(=O)C1CNC1)c1ccc(F)cc1F.Cl. The summed E-state index contributed by atoms with van der Waals surface area (Å²) in [6.07, 6.45) is 0. The minimum absolute atomic E-state index is 0. The highest BCUT2D eigenvalue weighted by molar-refractivity contribution is 5.85. The molecular formula is C15H21ClF2N2O. The monoisotopic (exact) mass is 318 g/mol. The standard InChI is InChI=1S/C15H20F2N2O.ClH/c1-15(2,3)13(19-14(20)9-7-18-8-9)11-5-4-10(16)6-12(11)17;/h4-6,9,13,18H,7-8H2,1-3H3,(H,19,20);1H. The largest absolute Gasteiger partial charge is 0.348 e. The Labute approximate surface area is 129 Å². The molecule has 2 rings (SSSR count). The number of carbonyl (C=O) groups excluding carboxylic acids is 1. The molecule has 118 valence electrons. The smallest absolute Gasteiger partial charge is 0.226 e. The molecule has 1 heterocycles. The zero-order valence-electron chi connectivity index (χ0n) is 12.4. The summed E-state index contributed by atoms with van der Waals surface area (Å²) in [5.74, 6) is -1.40. The summed E-state index contributed by atoms with van der Waals surface area (Å²) in [5, 5.41) is 5.92. The van der Waals surface area contributed by atoms with E-state index < -0.39 is 17.7 Å². The van der Waals surface area contributed by atoms with E-state index in [0.29, 0.717) is 18.7 Å². The van der Waals surface area contributed by atoms with Crippen LogP contribution in [0.15, 0.2) is 18.2 Å². The molecule has 1 amide bonds. The van der Waals surface area contributed by atoms with E-state index in [1.54, 1.807) is 0 Å². The lowest BCUT2D eigenvalue weighted by molar-refractivity contribution is -0.128. The molecule has 1 aliphatic heterocycles. The first-order chi connectivity index (χ1) is 9.29. The molecule has 0 spiro atoms. The molecule has 3 nitrogen and oxygen atoms in total. The zero-order chi connectivity index (χ0) is 14.9. The first-order valence-electron chi connectivity index (χ1n) is 6.75. The molecule has 1 aliphatic rings. The average Bonchev–Trinajstić information content (AvgIpc) is 2.22. The highest BCUT2D eigenvalue weighted by atomic mass is 35.5. The lowest BCUT2D eigenvalue weighted by atomic mass is 9.81. The Morgan fingerprint density at radius 3 is 2.38 bits per heavy atom. The van der Waals surface area contributed by atoms with Crippen LogP contribution in [-0.4, -0.2) is 19.0 Å². The Hall–Kier alpha value is -1.20. The number of rotatable bonds is 3. The summed E-state index contributed by atoms with van der Waals surface area (Å²) in [4.78, 5) is 12.1. The quantitative estimate of drug-likeness (QED) is 0.900. The molecule has 0 radical (unpaired) electrons. The average molecular weight is 319 g/mol. The van der Waals surface area contributed by atoms with Crippen molar-refractivity contribution < 1.29 is 13.6 Å². The number of hydrogen-bond acceptors (Lipinski definition) is 2. The van der Waals surface area contributed by atoms with Crippen LogP contribution in [0.4, 0.5) is 8.78 Å². The van der Waals surface area contributed by atoms with Gasteiger partial charge in [0.2, 0.25) is 5.91 Å². The van der Waals surface area contributed by atoms with Gasteiger partial charge in [0.25, 0.3) is 0 Å². The molecule has 0 aromatic heterocycles. The fraction of sp³-hybridized carbons (Fsp3) is 0.533.